The van der Waals surface area contributed by atoms with Gasteiger partial charge in [-0.2, -0.15) is 11.3 Å². The minimum atomic E-state index is 0. The van der Waals surface area contributed by atoms with Crippen molar-refractivity contribution in [1.82, 2.24) is 0 Å². The van der Waals surface area contributed by atoms with Gasteiger partial charge in [-0.05, 0) is 41.5 Å². The summed E-state index contributed by atoms with van der Waals surface area (Å²) in [7, 11) is 0. The van der Waals surface area contributed by atoms with Crippen LogP contribution >= 0.6 is 0 Å². The first-order valence-electron chi connectivity index (χ1n) is 17.6. The number of hydrogen-bond acceptors (Lipinski definition) is 1. The summed E-state index contributed by atoms with van der Waals surface area (Å²) in [5.74, 6) is 0.0752. The Hall–Kier alpha value is -4.09. The van der Waals surface area contributed by atoms with Gasteiger partial charge in [0, 0.05) is 0 Å². The second-order valence-corrected chi connectivity index (χ2v) is 13.8. The molecule has 0 amide bonds. The van der Waals surface area contributed by atoms with Crippen LogP contribution in [0.5, 0.6) is 0 Å². The van der Waals surface area contributed by atoms with Gasteiger partial charge in [0.2, 0.25) is 0 Å². The average Bonchev–Trinajstić information content (AvgIpc) is 3.00. The quantitative estimate of drug-likeness (QED) is 0.105. The van der Waals surface area contributed by atoms with Gasteiger partial charge in [0.1, 0.15) is 0 Å². The Bertz CT molecular complexity index is 1500. The van der Waals surface area contributed by atoms with Gasteiger partial charge >= 0.3 is 22.4 Å². The van der Waals surface area contributed by atoms with E-state index in [1.54, 1.807) is 0 Å². The molecule has 5 heteroatoms. The van der Waals surface area contributed by atoms with E-state index in [1.807, 2.05) is 61.1 Å². The van der Waals surface area contributed by atoms with Crippen molar-refractivity contribution < 1.29 is 27.5 Å². The molecule has 4 aromatic rings. The zero-order valence-electron chi connectivity index (χ0n) is 32.9. The Morgan fingerprint density at radius 3 is 1.12 bits per heavy atom. The van der Waals surface area contributed by atoms with Crippen LogP contribution in [-0.4, -0.2) is 18.1 Å². The Morgan fingerprint density at radius 1 is 0.510 bits per heavy atom. The maximum atomic E-state index is 11.8. The molecule has 1 aliphatic carbocycles. The van der Waals surface area contributed by atoms with Crippen LogP contribution in [0, 0.1) is 48.0 Å². The molecule has 0 bridgehead atoms. The third-order valence-corrected chi connectivity index (χ3v) is 6.91. The number of rotatable bonds is 7. The van der Waals surface area contributed by atoms with Crippen molar-refractivity contribution in [3.8, 4) is 0 Å². The largest absolute Gasteiger partial charge is 5.00 e. The van der Waals surface area contributed by atoms with Crippen molar-refractivity contribution in [3.63, 3.8) is 0 Å². The number of nitrogens with zero attached hydrogens (tertiary/aromatic N) is 3. The summed E-state index contributed by atoms with van der Waals surface area (Å²) in [4.78, 5) is 0. The second kappa shape index (κ2) is 23.4. The zero-order valence-corrected chi connectivity index (χ0v) is 35.1. The van der Waals surface area contributed by atoms with E-state index in [1.165, 1.54) is 33.4 Å². The molecule has 268 valence electrons. The first-order chi connectivity index (χ1) is 23.6. The average molecular weight is 762 g/mol. The summed E-state index contributed by atoms with van der Waals surface area (Å²) >= 11 is 0. The third-order valence-electron chi connectivity index (χ3n) is 6.91. The van der Waals surface area contributed by atoms with E-state index in [4.69, 9.17) is 0 Å². The second-order valence-electron chi connectivity index (χ2n) is 13.8. The predicted octanol–water partition coefficient (Wildman–Crippen LogP) is 13.2. The van der Waals surface area contributed by atoms with E-state index in [2.05, 4.69) is 154 Å². The molecule has 4 nitrogen and oxygen atoms in total. The fraction of sp³-hybridized carbons (Fsp3) is 0.326. The van der Waals surface area contributed by atoms with E-state index in [9.17, 15) is 5.11 Å². The molecule has 0 radical (unpaired) electrons. The number of allylic oxidation sites excluding steroid dienone is 5. The van der Waals surface area contributed by atoms with E-state index in [0.29, 0.717) is 18.1 Å². The van der Waals surface area contributed by atoms with Crippen molar-refractivity contribution in [2.45, 2.75) is 101 Å². The van der Waals surface area contributed by atoms with Gasteiger partial charge in [-0.3, -0.25) is 0 Å². The molecule has 0 aromatic heterocycles. The van der Waals surface area contributed by atoms with Crippen LogP contribution in [0.15, 0.2) is 115 Å². The molecule has 0 unspecified atom stereocenters. The topological polar surface area (TPSA) is 65.4 Å². The summed E-state index contributed by atoms with van der Waals surface area (Å²) in [5.41, 5.74) is 12.5. The third kappa shape index (κ3) is 19.2. The molecule has 0 atom stereocenters. The van der Waals surface area contributed by atoms with Crippen LogP contribution in [-0.2, 0) is 22.4 Å². The van der Waals surface area contributed by atoms with Crippen molar-refractivity contribution in [2.24, 2.45) is 0 Å². The van der Waals surface area contributed by atoms with Gasteiger partial charge in [-0.25, -0.2) is 0 Å². The van der Waals surface area contributed by atoms with Gasteiger partial charge < -0.3 is 21.1 Å². The first-order valence-corrected chi connectivity index (χ1v) is 17.6. The van der Waals surface area contributed by atoms with Crippen LogP contribution < -0.4 is 5.11 Å². The van der Waals surface area contributed by atoms with E-state index in [-0.39, 0.29) is 28.1 Å². The van der Waals surface area contributed by atoms with Gasteiger partial charge in [0.25, 0.3) is 0 Å². The molecular weight excluding hydrogens is 703 g/mol. The van der Waals surface area contributed by atoms with Crippen LogP contribution in [0.25, 0.3) is 21.7 Å². The number of benzene rings is 4. The Kier molecular flexibility index (Phi) is 20.6. The van der Waals surface area contributed by atoms with Gasteiger partial charge in [0.05, 0.1) is 0 Å². The summed E-state index contributed by atoms with van der Waals surface area (Å²) in [6.45, 7) is 25.2. The zero-order chi connectivity index (χ0) is 37.2. The van der Waals surface area contributed by atoms with Crippen LogP contribution in [0.4, 0.5) is 17.1 Å². The van der Waals surface area contributed by atoms with Crippen molar-refractivity contribution in [2.75, 3.05) is 0 Å². The van der Waals surface area contributed by atoms with Gasteiger partial charge in [-0.1, -0.05) is 165 Å². The molecule has 51 heavy (non-hydrogen) atoms. The molecule has 0 fully saturated rings. The monoisotopic (exact) mass is 761 g/mol. The molecule has 0 N–H and O–H groups in total. The van der Waals surface area contributed by atoms with Crippen LogP contribution in [0.3, 0.4) is 0 Å². The van der Waals surface area contributed by atoms with Crippen LogP contribution in [0.1, 0.15) is 80.5 Å². The molecule has 0 saturated heterocycles. The summed E-state index contributed by atoms with van der Waals surface area (Å²) in [6.07, 6.45) is 9.30. The predicted molar refractivity (Wildman–Crippen MR) is 218 cm³/mol. The molecule has 0 heterocycles. The number of aryl methyl sites for hydroxylation is 6. The van der Waals surface area contributed by atoms with Crippen LogP contribution in [0.2, 0.25) is 0 Å². The standard InChI is InChI=1S/C13H11O.3C11H16N.Nb/c14-13(11-7-3-1-4-8-11)12-9-5-2-6-10-12;3*1-8(2)12-11-6-9(3)5-10(4)7-11;/h1-10,14H;3*5-8H,1-4H3;/q4*-1;+5/p-1. The molecule has 1 aliphatic rings. The maximum absolute atomic E-state index is 11.8. The molecule has 0 spiro atoms. The Morgan fingerprint density at radius 2 is 0.843 bits per heavy atom. The SMILES string of the molecule is Cc1cc(C)cc([N-]C(C)C)c1.Cc1cc(C)cc([N-]C(C)C)c1.Cc1cc(C)cc([N-]C(C)C)c1.[Nb+5].[O-]/C(=C1\C=CC=C[CH-]1)c1ccccc1. The molecule has 0 aliphatic heterocycles. The molecule has 4 aromatic carbocycles. The Labute approximate surface area is 326 Å². The normalized spacial score (nSPS) is 12.2. The summed E-state index contributed by atoms with van der Waals surface area (Å²) in [5, 5.41) is 25.3. The minimum absolute atomic E-state index is 0. The molecule has 0 saturated carbocycles. The van der Waals surface area contributed by atoms with E-state index in [0.717, 1.165) is 28.2 Å². The van der Waals surface area contributed by atoms with Crippen molar-refractivity contribution in [1.29, 1.82) is 0 Å². The van der Waals surface area contributed by atoms with Crippen molar-refractivity contribution >= 4 is 22.8 Å². The Balaban J connectivity index is 0.000000339. The molecule has 5 rings (SSSR count). The smallest absolute Gasteiger partial charge is 0.914 e. The van der Waals surface area contributed by atoms with Crippen molar-refractivity contribution in [3.05, 3.63) is 176 Å². The summed E-state index contributed by atoms with van der Waals surface area (Å²) < 4.78 is 0. The minimum Gasteiger partial charge on any atom is -0.914 e. The van der Waals surface area contributed by atoms with Gasteiger partial charge in [-0.15, -0.1) is 65.9 Å². The summed E-state index contributed by atoms with van der Waals surface area (Å²) in [6, 6.07) is 29.7. The maximum Gasteiger partial charge on any atom is 5.00 e. The molecular formula is C46H58N3NbO. The van der Waals surface area contributed by atoms with Gasteiger partial charge in [0.15, 0.2) is 0 Å². The number of hydrogen-bond donors (Lipinski definition) is 0. The van der Waals surface area contributed by atoms with E-state index < -0.39 is 0 Å². The fourth-order valence-electron chi connectivity index (χ4n) is 5.32. The fourth-order valence-corrected chi connectivity index (χ4v) is 5.32. The first kappa shape index (κ1) is 44.9. The van der Waals surface area contributed by atoms with E-state index >= 15 is 0 Å².